The van der Waals surface area contributed by atoms with Crippen molar-refractivity contribution >= 4 is 5.82 Å². The van der Waals surface area contributed by atoms with Gasteiger partial charge in [0.2, 0.25) is 0 Å². The van der Waals surface area contributed by atoms with Gasteiger partial charge in [-0.3, -0.25) is 0 Å². The van der Waals surface area contributed by atoms with Gasteiger partial charge in [0.15, 0.2) is 0 Å². The van der Waals surface area contributed by atoms with Gasteiger partial charge in [-0.05, 0) is 37.8 Å². The van der Waals surface area contributed by atoms with Gasteiger partial charge in [0.25, 0.3) is 0 Å². The molecule has 3 nitrogen and oxygen atoms in total. The Labute approximate surface area is 110 Å². The summed E-state index contributed by atoms with van der Waals surface area (Å²) in [5, 5.41) is 9.51. The van der Waals surface area contributed by atoms with Crippen LogP contribution in [-0.4, -0.2) is 22.7 Å². The van der Waals surface area contributed by atoms with Gasteiger partial charge in [0, 0.05) is 18.8 Å². The number of aromatic nitrogens is 1. The Hall–Kier alpha value is -1.09. The van der Waals surface area contributed by atoms with Crippen LogP contribution in [0.5, 0.6) is 0 Å². The molecule has 1 aliphatic rings. The van der Waals surface area contributed by atoms with Crippen molar-refractivity contribution in [1.29, 1.82) is 0 Å². The fourth-order valence-corrected chi connectivity index (χ4v) is 2.72. The zero-order chi connectivity index (χ0) is 13.0. The van der Waals surface area contributed by atoms with Crippen LogP contribution in [-0.2, 0) is 0 Å². The molecule has 3 heteroatoms. The Balaban J connectivity index is 2.16. The minimum Gasteiger partial charge on any atom is -0.389 e. The fourth-order valence-electron chi connectivity index (χ4n) is 2.72. The topological polar surface area (TPSA) is 36.4 Å². The van der Waals surface area contributed by atoms with Crippen molar-refractivity contribution in [3.8, 4) is 0 Å². The Kier molecular flexibility index (Phi) is 4.59. The van der Waals surface area contributed by atoms with Crippen LogP contribution >= 0.6 is 0 Å². The number of anilines is 1. The average molecular weight is 248 g/mol. The Morgan fingerprint density at radius 1 is 1.39 bits per heavy atom. The number of rotatable bonds is 3. The zero-order valence-electron chi connectivity index (χ0n) is 11.5. The molecule has 0 bridgehead atoms. The van der Waals surface area contributed by atoms with Gasteiger partial charge in [-0.15, -0.1) is 0 Å². The molecule has 0 amide bonds. The Bertz CT molecular complexity index is 361. The van der Waals surface area contributed by atoms with Gasteiger partial charge in [0.05, 0.1) is 6.10 Å². The van der Waals surface area contributed by atoms with E-state index in [4.69, 9.17) is 0 Å². The maximum atomic E-state index is 9.51. The second kappa shape index (κ2) is 6.19. The van der Waals surface area contributed by atoms with Crippen LogP contribution in [0.3, 0.4) is 0 Å². The number of aliphatic hydroxyl groups is 1. The van der Waals surface area contributed by atoms with Crippen LogP contribution in [0.25, 0.3) is 0 Å². The maximum absolute atomic E-state index is 9.51. The lowest BCUT2D eigenvalue weighted by molar-refractivity contribution is 0.199. The molecule has 2 unspecified atom stereocenters. The second-order valence-electron chi connectivity index (χ2n) is 5.23. The monoisotopic (exact) mass is 248 g/mol. The summed E-state index contributed by atoms with van der Waals surface area (Å²) in [4.78, 5) is 6.97. The van der Waals surface area contributed by atoms with Crippen LogP contribution in [0.15, 0.2) is 18.3 Å². The number of nitrogens with zero attached hydrogens (tertiary/aromatic N) is 2. The zero-order valence-corrected chi connectivity index (χ0v) is 11.5. The van der Waals surface area contributed by atoms with Gasteiger partial charge in [-0.25, -0.2) is 4.98 Å². The molecule has 1 aliphatic heterocycles. The highest BCUT2D eigenvalue weighted by atomic mass is 16.3. The lowest BCUT2D eigenvalue weighted by Gasteiger charge is -2.30. The highest BCUT2D eigenvalue weighted by Crippen LogP contribution is 2.25. The molecule has 2 rings (SSSR count). The predicted octanol–water partition coefficient (Wildman–Crippen LogP) is 3.29. The summed E-state index contributed by atoms with van der Waals surface area (Å²) < 4.78 is 0. The van der Waals surface area contributed by atoms with Crippen LogP contribution in [0.2, 0.25) is 0 Å². The average Bonchev–Trinajstić information content (AvgIpc) is 2.63. The van der Waals surface area contributed by atoms with Crippen molar-refractivity contribution in [3.05, 3.63) is 23.9 Å². The van der Waals surface area contributed by atoms with Gasteiger partial charge in [-0.2, -0.15) is 0 Å². The molecule has 2 heterocycles. The van der Waals surface area contributed by atoms with Crippen molar-refractivity contribution in [3.63, 3.8) is 0 Å². The van der Waals surface area contributed by atoms with Crippen molar-refractivity contribution in [2.24, 2.45) is 0 Å². The van der Waals surface area contributed by atoms with Crippen molar-refractivity contribution in [2.45, 2.75) is 58.1 Å². The third kappa shape index (κ3) is 3.02. The predicted molar refractivity (Wildman–Crippen MR) is 74.8 cm³/mol. The van der Waals surface area contributed by atoms with E-state index >= 15 is 0 Å². The molecule has 0 radical (unpaired) electrons. The molecule has 0 saturated carbocycles. The molecule has 100 valence electrons. The molecule has 0 aromatic carbocycles. The Morgan fingerprint density at radius 3 is 2.83 bits per heavy atom. The lowest BCUT2D eigenvalue weighted by atomic mass is 10.1. The first kappa shape index (κ1) is 13.3. The maximum Gasteiger partial charge on any atom is 0.128 e. The summed E-state index contributed by atoms with van der Waals surface area (Å²) in [6.45, 7) is 5.14. The number of aliphatic hydroxyl groups excluding tert-OH is 1. The van der Waals surface area contributed by atoms with E-state index in [1.54, 1.807) is 13.1 Å². The van der Waals surface area contributed by atoms with Gasteiger partial charge in [-0.1, -0.05) is 25.8 Å². The third-order valence-electron chi connectivity index (χ3n) is 3.90. The van der Waals surface area contributed by atoms with E-state index in [1.165, 1.54) is 32.1 Å². The van der Waals surface area contributed by atoms with Crippen molar-refractivity contribution in [1.82, 2.24) is 4.98 Å². The standard InChI is InChI=1S/C15H24N2O/c1-3-14-7-5-4-6-10-17(14)15-9-8-13(11-16-15)12(2)18/h8-9,11-12,14,18H,3-7,10H2,1-2H3. The normalized spacial score (nSPS) is 22.6. The van der Waals surface area contributed by atoms with E-state index in [0.717, 1.165) is 17.9 Å². The summed E-state index contributed by atoms with van der Waals surface area (Å²) in [6, 6.07) is 4.66. The molecule has 1 aromatic rings. The molecular weight excluding hydrogens is 224 g/mol. The molecule has 1 N–H and O–H groups in total. The van der Waals surface area contributed by atoms with Crippen LogP contribution in [0, 0.1) is 0 Å². The van der Waals surface area contributed by atoms with Crippen molar-refractivity contribution in [2.75, 3.05) is 11.4 Å². The first-order chi connectivity index (χ1) is 8.72. The molecule has 0 spiro atoms. The number of hydrogen-bond donors (Lipinski definition) is 1. The molecule has 1 saturated heterocycles. The minimum absolute atomic E-state index is 0.433. The number of pyridine rings is 1. The minimum atomic E-state index is -0.433. The first-order valence-corrected chi connectivity index (χ1v) is 7.13. The molecule has 1 aromatic heterocycles. The van der Waals surface area contributed by atoms with E-state index < -0.39 is 6.10 Å². The second-order valence-corrected chi connectivity index (χ2v) is 5.23. The first-order valence-electron chi connectivity index (χ1n) is 7.13. The largest absolute Gasteiger partial charge is 0.389 e. The van der Waals surface area contributed by atoms with Gasteiger partial charge >= 0.3 is 0 Å². The van der Waals surface area contributed by atoms with Gasteiger partial charge < -0.3 is 10.0 Å². The lowest BCUT2D eigenvalue weighted by Crippen LogP contribution is -2.35. The van der Waals surface area contributed by atoms with Crippen LogP contribution in [0.4, 0.5) is 5.82 Å². The van der Waals surface area contributed by atoms with E-state index in [1.807, 2.05) is 6.07 Å². The van der Waals surface area contributed by atoms with E-state index in [2.05, 4.69) is 22.9 Å². The Morgan fingerprint density at radius 2 is 2.22 bits per heavy atom. The summed E-state index contributed by atoms with van der Waals surface area (Å²) in [7, 11) is 0. The summed E-state index contributed by atoms with van der Waals surface area (Å²) in [6.07, 6.45) is 7.75. The van der Waals surface area contributed by atoms with Gasteiger partial charge in [0.1, 0.15) is 5.82 Å². The molecule has 0 aliphatic carbocycles. The summed E-state index contributed by atoms with van der Waals surface area (Å²) in [5.41, 5.74) is 0.890. The highest BCUT2D eigenvalue weighted by Gasteiger charge is 2.20. The highest BCUT2D eigenvalue weighted by molar-refractivity contribution is 5.41. The summed E-state index contributed by atoms with van der Waals surface area (Å²) in [5.74, 6) is 1.06. The third-order valence-corrected chi connectivity index (χ3v) is 3.90. The van der Waals surface area contributed by atoms with E-state index in [9.17, 15) is 5.11 Å². The van der Waals surface area contributed by atoms with Crippen molar-refractivity contribution < 1.29 is 5.11 Å². The number of hydrogen-bond acceptors (Lipinski definition) is 3. The van der Waals surface area contributed by atoms with Crippen LogP contribution in [0.1, 0.15) is 57.6 Å². The SMILES string of the molecule is CCC1CCCCCN1c1ccc(C(C)O)cn1. The van der Waals surface area contributed by atoms with E-state index in [-0.39, 0.29) is 0 Å². The molecular formula is C15H24N2O. The van der Waals surface area contributed by atoms with E-state index in [0.29, 0.717) is 6.04 Å². The molecule has 2 atom stereocenters. The smallest absolute Gasteiger partial charge is 0.128 e. The van der Waals surface area contributed by atoms with Crippen LogP contribution < -0.4 is 4.90 Å². The fraction of sp³-hybridized carbons (Fsp3) is 0.667. The quantitative estimate of drug-likeness (QED) is 0.891. The molecule has 18 heavy (non-hydrogen) atoms. The summed E-state index contributed by atoms with van der Waals surface area (Å²) >= 11 is 0. The molecule has 1 fully saturated rings.